The van der Waals surface area contributed by atoms with Gasteiger partial charge in [-0.3, -0.25) is 9.59 Å². The summed E-state index contributed by atoms with van der Waals surface area (Å²) in [5.74, 6) is -1.50. The molecule has 0 aliphatic heterocycles. The van der Waals surface area contributed by atoms with Crippen molar-refractivity contribution in [1.29, 1.82) is 0 Å². The Hall–Kier alpha value is -2.90. The van der Waals surface area contributed by atoms with Crippen molar-refractivity contribution in [2.24, 2.45) is 0 Å². The van der Waals surface area contributed by atoms with E-state index in [-0.39, 0.29) is 19.8 Å². The molecular formula is C21H27N3O4. The van der Waals surface area contributed by atoms with E-state index in [1.807, 2.05) is 62.3 Å². The number of hydrogen-bond acceptors (Lipinski definition) is 5. The molecule has 1 unspecified atom stereocenters. The predicted molar refractivity (Wildman–Crippen MR) is 109 cm³/mol. The lowest BCUT2D eigenvalue weighted by atomic mass is 10.1. The number of anilines is 2. The molecule has 7 nitrogen and oxygen atoms in total. The van der Waals surface area contributed by atoms with Gasteiger partial charge in [0.1, 0.15) is 0 Å². The third-order valence-corrected chi connectivity index (χ3v) is 4.16. The minimum atomic E-state index is -0.749. The molecule has 1 atom stereocenters. The van der Waals surface area contributed by atoms with Gasteiger partial charge in [0.2, 0.25) is 0 Å². The van der Waals surface area contributed by atoms with Crippen LogP contribution in [0.25, 0.3) is 0 Å². The molecule has 2 amide bonds. The lowest BCUT2D eigenvalue weighted by molar-refractivity contribution is -0.136. The van der Waals surface area contributed by atoms with Crippen molar-refractivity contribution in [2.75, 3.05) is 44.1 Å². The maximum absolute atomic E-state index is 12.1. The molecule has 28 heavy (non-hydrogen) atoms. The van der Waals surface area contributed by atoms with E-state index in [4.69, 9.17) is 9.84 Å². The number of aliphatic hydroxyl groups excluding tert-OH is 1. The first-order valence-corrected chi connectivity index (χ1v) is 9.06. The predicted octanol–water partition coefficient (Wildman–Crippen LogP) is 1.87. The van der Waals surface area contributed by atoms with E-state index >= 15 is 0 Å². The molecule has 0 spiro atoms. The number of rotatable bonds is 8. The Morgan fingerprint density at radius 1 is 1.04 bits per heavy atom. The van der Waals surface area contributed by atoms with E-state index in [1.165, 1.54) is 0 Å². The highest BCUT2D eigenvalue weighted by molar-refractivity contribution is 6.39. The molecule has 0 fully saturated rings. The molecule has 0 saturated carbocycles. The second-order valence-electron chi connectivity index (χ2n) is 6.60. The number of aliphatic hydroxyl groups is 1. The molecule has 0 heterocycles. The number of ether oxygens (including phenoxy) is 1. The largest absolute Gasteiger partial charge is 0.394 e. The normalized spacial score (nSPS) is 11.6. The molecule has 0 aliphatic rings. The number of hydrogen-bond donors (Lipinski definition) is 3. The minimum absolute atomic E-state index is 0.120. The zero-order valence-electron chi connectivity index (χ0n) is 16.4. The minimum Gasteiger partial charge on any atom is -0.394 e. The smallest absolute Gasteiger partial charge is 0.313 e. The summed E-state index contributed by atoms with van der Waals surface area (Å²) in [4.78, 5) is 26.2. The molecule has 0 saturated heterocycles. The number of carbonyl (C=O) groups excluding carboxylic acids is 2. The molecule has 0 aromatic heterocycles. The maximum Gasteiger partial charge on any atom is 0.313 e. The van der Waals surface area contributed by atoms with Gasteiger partial charge in [-0.1, -0.05) is 29.8 Å². The number of carbonyl (C=O) groups is 2. The van der Waals surface area contributed by atoms with Gasteiger partial charge < -0.3 is 25.4 Å². The van der Waals surface area contributed by atoms with Crippen molar-refractivity contribution in [1.82, 2.24) is 5.32 Å². The van der Waals surface area contributed by atoms with Crippen LogP contribution >= 0.6 is 0 Å². The molecule has 2 rings (SSSR count). The van der Waals surface area contributed by atoms with Crippen LogP contribution in [0.2, 0.25) is 0 Å². The van der Waals surface area contributed by atoms with E-state index in [2.05, 4.69) is 10.6 Å². The van der Waals surface area contributed by atoms with Crippen molar-refractivity contribution < 1.29 is 19.4 Å². The number of nitrogens with one attached hydrogen (secondary N) is 2. The average Bonchev–Trinajstić information content (AvgIpc) is 2.69. The van der Waals surface area contributed by atoms with Gasteiger partial charge in [-0.05, 0) is 36.8 Å². The molecule has 0 bridgehead atoms. The lowest BCUT2D eigenvalue weighted by Crippen LogP contribution is -2.38. The Bertz CT molecular complexity index is 773. The van der Waals surface area contributed by atoms with Gasteiger partial charge in [-0.15, -0.1) is 0 Å². The fourth-order valence-corrected chi connectivity index (χ4v) is 2.55. The first-order valence-electron chi connectivity index (χ1n) is 9.06. The van der Waals surface area contributed by atoms with Crippen LogP contribution in [0, 0.1) is 6.92 Å². The Balaban J connectivity index is 1.93. The third-order valence-electron chi connectivity index (χ3n) is 4.16. The van der Waals surface area contributed by atoms with E-state index in [1.54, 1.807) is 12.1 Å². The molecule has 0 aliphatic carbocycles. The van der Waals surface area contributed by atoms with E-state index < -0.39 is 17.9 Å². The summed E-state index contributed by atoms with van der Waals surface area (Å²) in [5.41, 5.74) is 3.49. The summed E-state index contributed by atoms with van der Waals surface area (Å²) in [5, 5.41) is 14.2. The van der Waals surface area contributed by atoms with Crippen LogP contribution in [0.1, 0.15) is 17.2 Å². The summed E-state index contributed by atoms with van der Waals surface area (Å²) in [7, 11) is 3.84. The highest BCUT2D eigenvalue weighted by Gasteiger charge is 2.18. The van der Waals surface area contributed by atoms with Crippen LogP contribution in [-0.2, 0) is 14.3 Å². The SMILES string of the molecule is Cc1ccc(C(CNC(=O)C(=O)Nc2ccc(N(C)C)cc2)OCCO)cc1. The van der Waals surface area contributed by atoms with E-state index in [0.29, 0.717) is 5.69 Å². The Morgan fingerprint density at radius 2 is 1.68 bits per heavy atom. The zero-order chi connectivity index (χ0) is 20.5. The highest BCUT2D eigenvalue weighted by Crippen LogP contribution is 2.18. The Labute approximate surface area is 165 Å². The Kier molecular flexibility index (Phi) is 7.98. The standard InChI is InChI=1S/C21H27N3O4/c1-15-4-6-16(7-5-15)19(28-13-12-25)14-22-20(26)21(27)23-17-8-10-18(11-9-17)24(2)3/h4-11,19,25H,12-14H2,1-3H3,(H,22,26)(H,23,27). The molecule has 3 N–H and O–H groups in total. The number of nitrogens with zero attached hydrogens (tertiary/aromatic N) is 1. The van der Waals surface area contributed by atoms with Crippen molar-refractivity contribution in [3.63, 3.8) is 0 Å². The van der Waals surface area contributed by atoms with Crippen LogP contribution in [0.5, 0.6) is 0 Å². The molecule has 150 valence electrons. The second-order valence-corrected chi connectivity index (χ2v) is 6.60. The average molecular weight is 385 g/mol. The summed E-state index contributed by atoms with van der Waals surface area (Å²) >= 11 is 0. The summed E-state index contributed by atoms with van der Waals surface area (Å²) in [6.45, 7) is 2.11. The van der Waals surface area contributed by atoms with Gasteiger partial charge >= 0.3 is 11.8 Å². The number of aryl methyl sites for hydroxylation is 1. The second kappa shape index (κ2) is 10.4. The third kappa shape index (κ3) is 6.37. The van der Waals surface area contributed by atoms with Crippen molar-refractivity contribution in [2.45, 2.75) is 13.0 Å². The molecule has 7 heteroatoms. The van der Waals surface area contributed by atoms with Crippen LogP contribution in [-0.4, -0.2) is 50.8 Å². The van der Waals surface area contributed by atoms with E-state index in [9.17, 15) is 9.59 Å². The first kappa shape index (κ1) is 21.4. The van der Waals surface area contributed by atoms with Crippen LogP contribution < -0.4 is 15.5 Å². The highest BCUT2D eigenvalue weighted by atomic mass is 16.5. The van der Waals surface area contributed by atoms with Gasteiger partial charge in [-0.25, -0.2) is 0 Å². The van der Waals surface area contributed by atoms with Gasteiger partial charge in [0.25, 0.3) is 0 Å². The van der Waals surface area contributed by atoms with Crippen molar-refractivity contribution >= 4 is 23.2 Å². The topological polar surface area (TPSA) is 90.9 Å². The number of amides is 2. The fraction of sp³-hybridized carbons (Fsp3) is 0.333. The molecule has 2 aromatic rings. The molecule has 0 radical (unpaired) electrons. The summed E-state index contributed by atoms with van der Waals surface area (Å²) in [6, 6.07) is 14.9. The van der Waals surface area contributed by atoms with Crippen molar-refractivity contribution in [3.8, 4) is 0 Å². The molecule has 2 aromatic carbocycles. The van der Waals surface area contributed by atoms with Gasteiger partial charge in [0, 0.05) is 32.0 Å². The van der Waals surface area contributed by atoms with Crippen LogP contribution in [0.4, 0.5) is 11.4 Å². The summed E-state index contributed by atoms with van der Waals surface area (Å²) in [6.07, 6.45) is -0.455. The Morgan fingerprint density at radius 3 is 2.25 bits per heavy atom. The number of benzene rings is 2. The fourth-order valence-electron chi connectivity index (χ4n) is 2.55. The first-order chi connectivity index (χ1) is 13.4. The van der Waals surface area contributed by atoms with Gasteiger partial charge in [-0.2, -0.15) is 0 Å². The molecular weight excluding hydrogens is 358 g/mol. The lowest BCUT2D eigenvalue weighted by Gasteiger charge is -2.19. The van der Waals surface area contributed by atoms with Gasteiger partial charge in [0.05, 0.1) is 19.3 Å². The van der Waals surface area contributed by atoms with Crippen molar-refractivity contribution in [3.05, 3.63) is 59.7 Å². The van der Waals surface area contributed by atoms with Crippen LogP contribution in [0.3, 0.4) is 0 Å². The van der Waals surface area contributed by atoms with Crippen LogP contribution in [0.15, 0.2) is 48.5 Å². The quantitative estimate of drug-likeness (QED) is 0.604. The van der Waals surface area contributed by atoms with Gasteiger partial charge in [0.15, 0.2) is 0 Å². The summed E-state index contributed by atoms with van der Waals surface area (Å²) < 4.78 is 5.60. The zero-order valence-corrected chi connectivity index (χ0v) is 16.4. The van der Waals surface area contributed by atoms with E-state index in [0.717, 1.165) is 16.8 Å². The maximum atomic E-state index is 12.1. The monoisotopic (exact) mass is 385 g/mol.